The summed E-state index contributed by atoms with van der Waals surface area (Å²) in [6.45, 7) is 4.80. The molecule has 0 saturated carbocycles. The molecule has 3 heterocycles. The summed E-state index contributed by atoms with van der Waals surface area (Å²) in [4.78, 5) is 27.0. The molecule has 2 aromatic carbocycles. The second kappa shape index (κ2) is 10.6. The average molecular weight is 483 g/mol. The second-order valence-electron chi connectivity index (χ2n) is 9.92. The first-order valence-electron chi connectivity index (χ1n) is 12.7. The van der Waals surface area contributed by atoms with Crippen LogP contribution >= 0.6 is 0 Å². The maximum Gasteiger partial charge on any atom is 0.272 e. The van der Waals surface area contributed by atoms with Gasteiger partial charge in [0.15, 0.2) is 0 Å². The number of carbonyl (C=O) groups excluding carboxylic acids is 1. The maximum atomic E-state index is 13.5. The van der Waals surface area contributed by atoms with Gasteiger partial charge in [-0.1, -0.05) is 42.5 Å². The molecule has 36 heavy (non-hydrogen) atoms. The third-order valence-electron chi connectivity index (χ3n) is 7.48. The third kappa shape index (κ3) is 5.16. The van der Waals surface area contributed by atoms with Crippen LogP contribution in [0.4, 0.5) is 0 Å². The van der Waals surface area contributed by atoms with Crippen molar-refractivity contribution in [2.24, 2.45) is 13.0 Å². The number of fused-ring (bicyclic) bond motifs is 1. The molecule has 0 spiro atoms. The third-order valence-corrected chi connectivity index (χ3v) is 7.48. The van der Waals surface area contributed by atoms with Gasteiger partial charge in [0.25, 0.3) is 5.91 Å². The first-order chi connectivity index (χ1) is 17.5. The van der Waals surface area contributed by atoms with Crippen molar-refractivity contribution in [2.45, 2.75) is 38.8 Å². The van der Waals surface area contributed by atoms with Crippen molar-refractivity contribution in [3.63, 3.8) is 0 Å². The number of likely N-dealkylation sites (tertiary alicyclic amines) is 1. The minimum atomic E-state index is 0.0378. The van der Waals surface area contributed by atoms with E-state index in [0.717, 1.165) is 55.6 Å². The van der Waals surface area contributed by atoms with Gasteiger partial charge in [-0.15, -0.1) is 0 Å². The standard InChI is InChI=1S/C29H34N6O/c1-21-18-27(34(3)32-21)29(36)33(2)26(19-22-8-5-4-6-9-22)23-12-16-35(17-13-23)20-24-10-7-11-25-28(24)31-15-14-30-25/h4-11,14-15,18,23,26H,12-13,16-17,19-20H2,1-3H3/t26-/m0/s1. The molecule has 0 radical (unpaired) electrons. The highest BCUT2D eigenvalue weighted by Crippen LogP contribution is 2.29. The van der Waals surface area contributed by atoms with Crippen molar-refractivity contribution >= 4 is 16.9 Å². The molecule has 4 aromatic rings. The molecule has 0 bridgehead atoms. The van der Waals surface area contributed by atoms with Crippen molar-refractivity contribution in [1.82, 2.24) is 29.5 Å². The van der Waals surface area contributed by atoms with Crippen molar-refractivity contribution in [3.05, 3.63) is 89.5 Å². The Bertz CT molecular complexity index is 1320. The fourth-order valence-electron chi connectivity index (χ4n) is 5.53. The SMILES string of the molecule is Cc1cc(C(=O)N(C)[C@@H](Cc2ccccc2)C2CCN(Cc3cccc4nccnc34)CC2)n(C)n1. The van der Waals surface area contributed by atoms with Crippen LogP contribution in [0.25, 0.3) is 11.0 Å². The quantitative estimate of drug-likeness (QED) is 0.394. The largest absolute Gasteiger partial charge is 0.337 e. The lowest BCUT2D eigenvalue weighted by Gasteiger charge is -2.40. The van der Waals surface area contributed by atoms with Crippen molar-refractivity contribution in [1.29, 1.82) is 0 Å². The Morgan fingerprint density at radius 3 is 2.53 bits per heavy atom. The number of aryl methyl sites for hydroxylation is 2. The minimum Gasteiger partial charge on any atom is -0.337 e. The highest BCUT2D eigenvalue weighted by atomic mass is 16.2. The van der Waals surface area contributed by atoms with Crippen LogP contribution in [0.1, 0.15) is 40.2 Å². The molecule has 7 nitrogen and oxygen atoms in total. The Balaban J connectivity index is 1.31. The predicted octanol–water partition coefficient (Wildman–Crippen LogP) is 4.27. The summed E-state index contributed by atoms with van der Waals surface area (Å²) >= 11 is 0. The lowest BCUT2D eigenvalue weighted by Crippen LogP contribution is -2.47. The molecular weight excluding hydrogens is 448 g/mol. The van der Waals surface area contributed by atoms with Gasteiger partial charge in [-0.05, 0) is 68.5 Å². The molecule has 5 rings (SSSR count). The van der Waals surface area contributed by atoms with Gasteiger partial charge in [0.2, 0.25) is 0 Å². The van der Waals surface area contributed by atoms with E-state index in [4.69, 9.17) is 0 Å². The predicted molar refractivity (Wildman–Crippen MR) is 142 cm³/mol. The molecule has 0 unspecified atom stereocenters. The number of benzene rings is 2. The van der Waals surface area contributed by atoms with Gasteiger partial charge in [0, 0.05) is 39.1 Å². The summed E-state index contributed by atoms with van der Waals surface area (Å²) in [7, 11) is 3.80. The van der Waals surface area contributed by atoms with Gasteiger partial charge >= 0.3 is 0 Å². The number of para-hydroxylation sites is 1. The summed E-state index contributed by atoms with van der Waals surface area (Å²) in [5.74, 6) is 0.466. The van der Waals surface area contributed by atoms with Crippen molar-refractivity contribution < 1.29 is 4.79 Å². The maximum absolute atomic E-state index is 13.5. The zero-order chi connectivity index (χ0) is 25.1. The molecule has 1 fully saturated rings. The van der Waals surface area contributed by atoms with Crippen LogP contribution in [0.15, 0.2) is 67.0 Å². The number of nitrogens with zero attached hydrogens (tertiary/aromatic N) is 6. The Morgan fingerprint density at radius 2 is 1.81 bits per heavy atom. The zero-order valence-corrected chi connectivity index (χ0v) is 21.3. The van der Waals surface area contributed by atoms with E-state index in [9.17, 15) is 4.79 Å². The van der Waals surface area contributed by atoms with Crippen molar-refractivity contribution in [3.8, 4) is 0 Å². The van der Waals surface area contributed by atoms with Crippen LogP contribution in [0.2, 0.25) is 0 Å². The van der Waals surface area contributed by atoms with E-state index in [0.29, 0.717) is 11.6 Å². The normalized spacial score (nSPS) is 15.8. The number of hydrogen-bond donors (Lipinski definition) is 0. The van der Waals surface area contributed by atoms with Crippen LogP contribution in [0.3, 0.4) is 0 Å². The van der Waals surface area contributed by atoms with Gasteiger partial charge < -0.3 is 4.90 Å². The van der Waals surface area contributed by atoms with Gasteiger partial charge in [0.1, 0.15) is 5.69 Å². The number of hydrogen-bond acceptors (Lipinski definition) is 5. The zero-order valence-electron chi connectivity index (χ0n) is 21.3. The summed E-state index contributed by atoms with van der Waals surface area (Å²) in [5, 5.41) is 4.39. The molecule has 2 aromatic heterocycles. The highest BCUT2D eigenvalue weighted by molar-refractivity contribution is 5.92. The lowest BCUT2D eigenvalue weighted by atomic mass is 9.84. The van der Waals surface area contributed by atoms with Crippen molar-refractivity contribution in [2.75, 3.05) is 20.1 Å². The Labute approximate surface area is 212 Å². The number of piperidine rings is 1. The Hall–Kier alpha value is -3.58. The number of amides is 1. The summed E-state index contributed by atoms with van der Waals surface area (Å²) in [6, 6.07) is 18.8. The van der Waals surface area contributed by atoms with Gasteiger partial charge in [-0.25, -0.2) is 0 Å². The van der Waals surface area contributed by atoms with E-state index in [1.165, 1.54) is 11.1 Å². The van der Waals surface area contributed by atoms with E-state index >= 15 is 0 Å². The molecular formula is C29H34N6O. The minimum absolute atomic E-state index is 0.0378. The molecule has 1 saturated heterocycles. The molecule has 7 heteroatoms. The van der Waals surface area contributed by atoms with E-state index in [-0.39, 0.29) is 11.9 Å². The van der Waals surface area contributed by atoms with E-state index in [1.54, 1.807) is 17.1 Å². The molecule has 0 aliphatic carbocycles. The number of carbonyl (C=O) groups is 1. The van der Waals surface area contributed by atoms with Gasteiger partial charge in [-0.2, -0.15) is 5.10 Å². The monoisotopic (exact) mass is 482 g/mol. The van der Waals surface area contributed by atoms with E-state index in [1.807, 2.05) is 44.1 Å². The average Bonchev–Trinajstić information content (AvgIpc) is 3.25. The summed E-state index contributed by atoms with van der Waals surface area (Å²) in [6.07, 6.45) is 6.47. The first kappa shape index (κ1) is 24.1. The molecule has 186 valence electrons. The molecule has 1 aliphatic rings. The Morgan fingerprint density at radius 1 is 1.06 bits per heavy atom. The van der Waals surface area contributed by atoms with E-state index < -0.39 is 0 Å². The van der Waals surface area contributed by atoms with E-state index in [2.05, 4.69) is 56.4 Å². The van der Waals surface area contributed by atoms with Crippen LogP contribution in [-0.4, -0.2) is 61.6 Å². The molecule has 1 atom stereocenters. The highest BCUT2D eigenvalue weighted by Gasteiger charge is 2.33. The topological polar surface area (TPSA) is 67.2 Å². The lowest BCUT2D eigenvalue weighted by molar-refractivity contribution is 0.0575. The van der Waals surface area contributed by atoms with Crippen LogP contribution in [0, 0.1) is 12.8 Å². The number of rotatable bonds is 7. The van der Waals surface area contributed by atoms with Crippen LogP contribution in [-0.2, 0) is 20.0 Å². The molecule has 1 aliphatic heterocycles. The first-order valence-corrected chi connectivity index (χ1v) is 12.7. The number of aromatic nitrogens is 4. The number of likely N-dealkylation sites (N-methyl/N-ethyl adjacent to an activating group) is 1. The summed E-state index contributed by atoms with van der Waals surface area (Å²) in [5.41, 5.74) is 5.92. The summed E-state index contributed by atoms with van der Waals surface area (Å²) < 4.78 is 1.70. The van der Waals surface area contributed by atoms with Gasteiger partial charge in [-0.3, -0.25) is 24.3 Å². The molecule has 1 amide bonds. The smallest absolute Gasteiger partial charge is 0.272 e. The Kier molecular flexibility index (Phi) is 7.09. The van der Waals surface area contributed by atoms with Crippen LogP contribution < -0.4 is 0 Å². The second-order valence-corrected chi connectivity index (χ2v) is 9.92. The fourth-order valence-corrected chi connectivity index (χ4v) is 5.53. The molecule has 0 N–H and O–H groups in total. The fraction of sp³-hybridized carbons (Fsp3) is 0.379. The van der Waals surface area contributed by atoms with Crippen LogP contribution in [0.5, 0.6) is 0 Å². The van der Waals surface area contributed by atoms with Gasteiger partial charge in [0.05, 0.1) is 16.7 Å².